The minimum atomic E-state index is -0.435. The van der Waals surface area contributed by atoms with Crippen LogP contribution in [0, 0.1) is 0 Å². The number of rotatable bonds is 3. The van der Waals surface area contributed by atoms with Crippen molar-refractivity contribution in [2.45, 2.75) is 38.6 Å². The van der Waals surface area contributed by atoms with Gasteiger partial charge in [-0.15, -0.1) is 0 Å². The quantitative estimate of drug-likeness (QED) is 0.832. The Hall–Kier alpha value is -1.91. The summed E-state index contributed by atoms with van der Waals surface area (Å²) in [6.07, 6.45) is 5.00. The Morgan fingerprint density at radius 1 is 1.42 bits per heavy atom. The summed E-state index contributed by atoms with van der Waals surface area (Å²) in [6, 6.07) is 4.22. The number of oxazole rings is 1. The second-order valence-electron chi connectivity index (χ2n) is 5.15. The van der Waals surface area contributed by atoms with Crippen LogP contribution in [-0.4, -0.2) is 17.6 Å². The maximum atomic E-state index is 11.2. The summed E-state index contributed by atoms with van der Waals surface area (Å²) in [7, 11) is 0. The van der Waals surface area contributed by atoms with Crippen molar-refractivity contribution in [3.05, 3.63) is 22.7 Å². The maximum absolute atomic E-state index is 11.2. The molecule has 1 fully saturated rings. The van der Waals surface area contributed by atoms with E-state index >= 15 is 0 Å². The van der Waals surface area contributed by atoms with E-state index in [-0.39, 0.29) is 0 Å². The molecular formula is C14H19N3O2. The summed E-state index contributed by atoms with van der Waals surface area (Å²) >= 11 is 0. The molecule has 102 valence electrons. The molecule has 0 saturated heterocycles. The van der Waals surface area contributed by atoms with E-state index in [1.54, 1.807) is 6.07 Å². The van der Waals surface area contributed by atoms with Gasteiger partial charge >= 0.3 is 5.76 Å². The molecule has 1 aliphatic carbocycles. The van der Waals surface area contributed by atoms with Gasteiger partial charge in [-0.2, -0.15) is 0 Å². The van der Waals surface area contributed by atoms with Gasteiger partial charge in [-0.05, 0) is 25.8 Å². The van der Waals surface area contributed by atoms with Crippen LogP contribution >= 0.6 is 0 Å². The highest BCUT2D eigenvalue weighted by Crippen LogP contribution is 2.33. The normalized spacial score (nSPS) is 16.3. The van der Waals surface area contributed by atoms with Gasteiger partial charge in [0.05, 0.1) is 16.9 Å². The highest BCUT2D eigenvalue weighted by molar-refractivity contribution is 5.85. The third-order valence-corrected chi connectivity index (χ3v) is 3.98. The minimum Gasteiger partial charge on any atom is -0.408 e. The van der Waals surface area contributed by atoms with Crippen LogP contribution in [0.2, 0.25) is 0 Å². The third-order valence-electron chi connectivity index (χ3n) is 3.98. The van der Waals surface area contributed by atoms with Crippen LogP contribution in [0.15, 0.2) is 21.3 Å². The molecule has 5 nitrogen and oxygen atoms in total. The number of nitrogen functional groups attached to an aromatic ring is 1. The van der Waals surface area contributed by atoms with E-state index in [1.165, 1.54) is 25.7 Å². The highest BCUT2D eigenvalue weighted by atomic mass is 16.4. The topological polar surface area (TPSA) is 75.3 Å². The predicted molar refractivity (Wildman–Crippen MR) is 76.5 cm³/mol. The third kappa shape index (κ3) is 2.09. The molecule has 1 aromatic heterocycles. The molecule has 1 saturated carbocycles. The molecule has 0 bridgehead atoms. The number of hydrogen-bond donors (Lipinski definition) is 2. The fourth-order valence-electron chi connectivity index (χ4n) is 3.09. The number of benzene rings is 1. The lowest BCUT2D eigenvalue weighted by Crippen LogP contribution is -2.33. The number of fused-ring (bicyclic) bond motifs is 1. The summed E-state index contributed by atoms with van der Waals surface area (Å²) in [5.74, 6) is -0.435. The number of hydrogen-bond acceptors (Lipinski definition) is 4. The van der Waals surface area contributed by atoms with Gasteiger partial charge in [-0.25, -0.2) is 4.79 Å². The van der Waals surface area contributed by atoms with Gasteiger partial charge < -0.3 is 15.1 Å². The number of H-pyrrole nitrogens is 1. The molecular weight excluding hydrogens is 242 g/mol. The van der Waals surface area contributed by atoms with E-state index in [4.69, 9.17) is 10.2 Å². The van der Waals surface area contributed by atoms with Crippen LogP contribution in [0.25, 0.3) is 11.1 Å². The summed E-state index contributed by atoms with van der Waals surface area (Å²) in [5.41, 5.74) is 9.03. The zero-order chi connectivity index (χ0) is 13.4. The smallest absolute Gasteiger partial charge is 0.408 e. The highest BCUT2D eigenvalue weighted by Gasteiger charge is 2.23. The number of nitrogens with zero attached hydrogens (tertiary/aromatic N) is 1. The van der Waals surface area contributed by atoms with Gasteiger partial charge in [0.2, 0.25) is 0 Å². The molecule has 0 aliphatic heterocycles. The monoisotopic (exact) mass is 261 g/mol. The van der Waals surface area contributed by atoms with Crippen molar-refractivity contribution in [2.24, 2.45) is 0 Å². The number of aromatic amines is 1. The van der Waals surface area contributed by atoms with Crippen molar-refractivity contribution in [1.82, 2.24) is 4.98 Å². The molecule has 3 rings (SSSR count). The van der Waals surface area contributed by atoms with Crippen LogP contribution in [0.4, 0.5) is 11.4 Å². The number of nitrogens with one attached hydrogen (secondary N) is 1. The van der Waals surface area contributed by atoms with Crippen molar-refractivity contribution in [2.75, 3.05) is 17.2 Å². The fraction of sp³-hybridized carbons (Fsp3) is 0.500. The largest absolute Gasteiger partial charge is 0.417 e. The summed E-state index contributed by atoms with van der Waals surface area (Å²) < 4.78 is 5.03. The number of nitrogens with two attached hydrogens (primary N) is 1. The zero-order valence-corrected chi connectivity index (χ0v) is 11.1. The van der Waals surface area contributed by atoms with E-state index in [2.05, 4.69) is 16.8 Å². The molecule has 5 heteroatoms. The molecule has 1 aromatic carbocycles. The molecule has 0 atom stereocenters. The van der Waals surface area contributed by atoms with Gasteiger partial charge in [0, 0.05) is 18.7 Å². The van der Waals surface area contributed by atoms with Crippen LogP contribution in [0.3, 0.4) is 0 Å². The molecule has 2 aromatic rings. The Labute approximate surface area is 111 Å². The summed E-state index contributed by atoms with van der Waals surface area (Å²) in [6.45, 7) is 3.06. The lowest BCUT2D eigenvalue weighted by atomic mass is 10.1. The molecule has 3 N–H and O–H groups in total. The Bertz CT molecular complexity index is 638. The molecule has 1 aliphatic rings. The van der Waals surface area contributed by atoms with Crippen molar-refractivity contribution in [3.63, 3.8) is 0 Å². The first-order valence-electron chi connectivity index (χ1n) is 6.88. The van der Waals surface area contributed by atoms with Crippen LogP contribution in [0.1, 0.15) is 32.6 Å². The second-order valence-corrected chi connectivity index (χ2v) is 5.15. The Morgan fingerprint density at radius 2 is 2.16 bits per heavy atom. The number of aromatic nitrogens is 1. The molecule has 1 heterocycles. The lowest BCUT2D eigenvalue weighted by molar-refractivity contribution is 0.555. The van der Waals surface area contributed by atoms with Gasteiger partial charge in [0.25, 0.3) is 0 Å². The first kappa shape index (κ1) is 12.1. The standard InChI is InChI=1S/C14H19N3O2/c1-2-17(9-5-3-4-6-9)12-8-11-13(7-10(12)15)19-14(18)16-11/h7-9H,2-6,15H2,1H3,(H,16,18). The van der Waals surface area contributed by atoms with Crippen LogP contribution in [-0.2, 0) is 0 Å². The average Bonchev–Trinajstić information content (AvgIpc) is 2.99. The van der Waals surface area contributed by atoms with Gasteiger partial charge in [0.1, 0.15) is 0 Å². The van der Waals surface area contributed by atoms with Crippen molar-refractivity contribution in [3.8, 4) is 0 Å². The SMILES string of the molecule is CCN(c1cc2[nH]c(=O)oc2cc1N)C1CCCC1. The average molecular weight is 261 g/mol. The van der Waals surface area contributed by atoms with E-state index in [1.807, 2.05) is 6.07 Å². The van der Waals surface area contributed by atoms with Crippen molar-refractivity contribution < 1.29 is 4.42 Å². The maximum Gasteiger partial charge on any atom is 0.417 e. The van der Waals surface area contributed by atoms with Crippen molar-refractivity contribution in [1.29, 1.82) is 0 Å². The van der Waals surface area contributed by atoms with Gasteiger partial charge in [-0.3, -0.25) is 4.98 Å². The Kier molecular flexibility index (Phi) is 2.97. The number of anilines is 2. The Morgan fingerprint density at radius 3 is 2.84 bits per heavy atom. The van der Waals surface area contributed by atoms with Gasteiger partial charge in [0.15, 0.2) is 5.58 Å². The summed E-state index contributed by atoms with van der Waals surface area (Å²) in [4.78, 5) is 16.3. The van der Waals surface area contributed by atoms with Crippen LogP contribution in [0.5, 0.6) is 0 Å². The van der Waals surface area contributed by atoms with Gasteiger partial charge in [-0.1, -0.05) is 12.8 Å². The lowest BCUT2D eigenvalue weighted by Gasteiger charge is -2.30. The predicted octanol–water partition coefficient (Wildman–Crippen LogP) is 2.47. The molecule has 0 radical (unpaired) electrons. The first-order chi connectivity index (χ1) is 9.19. The second kappa shape index (κ2) is 4.64. The van der Waals surface area contributed by atoms with E-state index in [0.717, 1.165) is 12.2 Å². The van der Waals surface area contributed by atoms with Crippen LogP contribution < -0.4 is 16.4 Å². The molecule has 0 amide bonds. The summed E-state index contributed by atoms with van der Waals surface area (Å²) in [5, 5.41) is 0. The van der Waals surface area contributed by atoms with Crippen molar-refractivity contribution >= 4 is 22.5 Å². The van der Waals surface area contributed by atoms with E-state index < -0.39 is 5.76 Å². The van der Waals surface area contributed by atoms with E-state index in [0.29, 0.717) is 22.8 Å². The van der Waals surface area contributed by atoms with E-state index in [9.17, 15) is 4.79 Å². The minimum absolute atomic E-state index is 0.435. The zero-order valence-electron chi connectivity index (χ0n) is 11.1. The molecule has 0 unspecified atom stereocenters. The first-order valence-corrected chi connectivity index (χ1v) is 6.88. The molecule has 0 spiro atoms. The fourth-order valence-corrected chi connectivity index (χ4v) is 3.09. The molecule has 19 heavy (non-hydrogen) atoms. The Balaban J connectivity index is 2.06.